The molecule has 1 aromatic heterocycles. The zero-order valence-corrected chi connectivity index (χ0v) is 6.64. The minimum absolute atomic E-state index is 0.0780. The van der Waals surface area contributed by atoms with E-state index < -0.39 is 0 Å². The maximum absolute atomic E-state index is 8.67. The van der Waals surface area contributed by atoms with Crippen LogP contribution in [0.1, 0.15) is 16.5 Å². The van der Waals surface area contributed by atoms with Gasteiger partial charge in [-0.25, -0.2) is 0 Å². The number of hydrogen-bond acceptors (Lipinski definition) is 4. The number of nitriles is 1. The highest BCUT2D eigenvalue weighted by molar-refractivity contribution is 7.10. The van der Waals surface area contributed by atoms with Gasteiger partial charge in [0.25, 0.3) is 0 Å². The van der Waals surface area contributed by atoms with Crippen LogP contribution in [0.5, 0.6) is 0 Å². The van der Waals surface area contributed by atoms with Crippen LogP contribution in [0, 0.1) is 11.3 Å². The Kier molecular flexibility index (Phi) is 2.60. The fourth-order valence-corrected chi connectivity index (χ4v) is 1.52. The molecule has 0 saturated heterocycles. The second kappa shape index (κ2) is 3.49. The fraction of sp³-hybridized carbons (Fsp3) is 0.286. The zero-order valence-electron chi connectivity index (χ0n) is 5.82. The average Bonchev–Trinajstić information content (AvgIpc) is 2.50. The normalized spacial score (nSPS) is 12.5. The minimum Gasteiger partial charge on any atom is -0.394 e. The number of aliphatic hydroxyl groups is 1. The van der Waals surface area contributed by atoms with Crippen molar-refractivity contribution in [2.75, 3.05) is 6.61 Å². The largest absolute Gasteiger partial charge is 0.394 e. The maximum Gasteiger partial charge on any atom is 0.100 e. The molecule has 3 nitrogen and oxygen atoms in total. The molecule has 0 aliphatic rings. The van der Waals surface area contributed by atoms with Gasteiger partial charge in [0.15, 0.2) is 0 Å². The molecule has 1 atom stereocenters. The molecule has 58 valence electrons. The standard InChI is InChI=1S/C7H8N2OS/c8-2-5-1-7(11-4-5)6(9)3-10/h1,4,6,10H,3,9H2. The Labute approximate surface area is 68.7 Å². The SMILES string of the molecule is N#Cc1csc(C(N)CO)c1. The number of hydrogen-bond donors (Lipinski definition) is 2. The topological polar surface area (TPSA) is 70.0 Å². The Bertz CT molecular complexity index is 276. The first-order chi connectivity index (χ1) is 5.27. The first-order valence-corrected chi connectivity index (χ1v) is 4.01. The number of nitrogens with zero attached hydrogens (tertiary/aromatic N) is 1. The molecular weight excluding hydrogens is 160 g/mol. The summed E-state index contributed by atoms with van der Waals surface area (Å²) in [5.41, 5.74) is 6.12. The van der Waals surface area contributed by atoms with Crippen molar-refractivity contribution in [2.45, 2.75) is 6.04 Å². The molecule has 1 rings (SSSR count). The maximum atomic E-state index is 8.67. The lowest BCUT2D eigenvalue weighted by Gasteiger charge is -2.02. The third kappa shape index (κ3) is 1.77. The molecule has 1 aromatic rings. The minimum atomic E-state index is -0.345. The van der Waals surface area contributed by atoms with E-state index in [0.717, 1.165) is 4.88 Å². The molecule has 0 bridgehead atoms. The van der Waals surface area contributed by atoms with Crippen molar-refractivity contribution in [1.29, 1.82) is 5.26 Å². The number of aliphatic hydroxyl groups excluding tert-OH is 1. The van der Waals surface area contributed by atoms with Crippen LogP contribution in [0.15, 0.2) is 11.4 Å². The summed E-state index contributed by atoms with van der Waals surface area (Å²) in [4.78, 5) is 0.851. The van der Waals surface area contributed by atoms with E-state index in [9.17, 15) is 0 Å². The van der Waals surface area contributed by atoms with Crippen molar-refractivity contribution in [3.8, 4) is 6.07 Å². The number of nitrogens with two attached hydrogens (primary N) is 1. The molecule has 0 radical (unpaired) electrons. The van der Waals surface area contributed by atoms with E-state index >= 15 is 0 Å². The Morgan fingerprint density at radius 3 is 3.00 bits per heavy atom. The molecule has 11 heavy (non-hydrogen) atoms. The third-order valence-electron chi connectivity index (χ3n) is 1.31. The van der Waals surface area contributed by atoms with Gasteiger partial charge < -0.3 is 10.8 Å². The zero-order chi connectivity index (χ0) is 8.27. The van der Waals surface area contributed by atoms with Gasteiger partial charge in [-0.1, -0.05) is 0 Å². The Hall–Kier alpha value is -0.890. The van der Waals surface area contributed by atoms with E-state index in [2.05, 4.69) is 0 Å². The Morgan fingerprint density at radius 2 is 2.55 bits per heavy atom. The smallest absolute Gasteiger partial charge is 0.100 e. The highest BCUT2D eigenvalue weighted by Gasteiger charge is 2.06. The van der Waals surface area contributed by atoms with Gasteiger partial charge in [0.05, 0.1) is 18.2 Å². The molecule has 3 N–H and O–H groups in total. The van der Waals surface area contributed by atoms with Crippen LogP contribution in [0.25, 0.3) is 0 Å². The molecule has 0 saturated carbocycles. The van der Waals surface area contributed by atoms with Crippen molar-refractivity contribution in [3.63, 3.8) is 0 Å². The first kappa shape index (κ1) is 8.21. The molecule has 0 spiro atoms. The molecule has 1 unspecified atom stereocenters. The summed E-state index contributed by atoms with van der Waals surface area (Å²) < 4.78 is 0. The third-order valence-corrected chi connectivity index (χ3v) is 2.38. The first-order valence-electron chi connectivity index (χ1n) is 3.13. The van der Waals surface area contributed by atoms with Gasteiger partial charge in [0.1, 0.15) is 6.07 Å². The lowest BCUT2D eigenvalue weighted by Crippen LogP contribution is -2.12. The van der Waals surface area contributed by atoms with E-state index in [1.807, 2.05) is 6.07 Å². The highest BCUT2D eigenvalue weighted by Crippen LogP contribution is 2.19. The highest BCUT2D eigenvalue weighted by atomic mass is 32.1. The van der Waals surface area contributed by atoms with E-state index in [-0.39, 0.29) is 12.6 Å². The fourth-order valence-electron chi connectivity index (χ4n) is 0.696. The molecule has 0 aliphatic carbocycles. The van der Waals surface area contributed by atoms with E-state index in [1.165, 1.54) is 11.3 Å². The van der Waals surface area contributed by atoms with Crippen LogP contribution < -0.4 is 5.73 Å². The molecule has 0 aliphatic heterocycles. The van der Waals surface area contributed by atoms with Gasteiger partial charge in [-0.2, -0.15) is 5.26 Å². The lowest BCUT2D eigenvalue weighted by atomic mass is 10.2. The van der Waals surface area contributed by atoms with Crippen molar-refractivity contribution >= 4 is 11.3 Å². The van der Waals surface area contributed by atoms with E-state index in [4.69, 9.17) is 16.1 Å². The van der Waals surface area contributed by atoms with Gasteiger partial charge in [-0.05, 0) is 6.07 Å². The molecule has 4 heteroatoms. The quantitative estimate of drug-likeness (QED) is 0.679. The monoisotopic (exact) mass is 168 g/mol. The molecular formula is C7H8N2OS. The Morgan fingerprint density at radius 1 is 1.82 bits per heavy atom. The van der Waals surface area contributed by atoms with Crippen LogP contribution in [-0.2, 0) is 0 Å². The second-order valence-electron chi connectivity index (χ2n) is 2.14. The van der Waals surface area contributed by atoms with Crippen LogP contribution in [0.4, 0.5) is 0 Å². The summed E-state index contributed by atoms with van der Waals surface area (Å²) in [6.45, 7) is -0.0780. The predicted octanol–water partition coefficient (Wildman–Crippen LogP) is 0.612. The van der Waals surface area contributed by atoms with Crippen LogP contribution in [0.2, 0.25) is 0 Å². The van der Waals surface area contributed by atoms with Crippen molar-refractivity contribution < 1.29 is 5.11 Å². The summed E-state index contributed by atoms with van der Waals surface area (Å²) in [5.74, 6) is 0. The molecule has 0 amide bonds. The average molecular weight is 168 g/mol. The van der Waals surface area contributed by atoms with Gasteiger partial charge in [-0.15, -0.1) is 11.3 Å². The summed E-state index contributed by atoms with van der Waals surface area (Å²) in [7, 11) is 0. The summed E-state index contributed by atoms with van der Waals surface area (Å²) >= 11 is 1.40. The van der Waals surface area contributed by atoms with Crippen LogP contribution >= 0.6 is 11.3 Å². The van der Waals surface area contributed by atoms with Crippen molar-refractivity contribution in [3.05, 3.63) is 21.9 Å². The predicted molar refractivity (Wildman–Crippen MR) is 43.0 cm³/mol. The van der Waals surface area contributed by atoms with E-state index in [0.29, 0.717) is 5.56 Å². The van der Waals surface area contributed by atoms with E-state index in [1.54, 1.807) is 11.4 Å². The van der Waals surface area contributed by atoms with Crippen LogP contribution in [-0.4, -0.2) is 11.7 Å². The Balaban J connectivity index is 2.82. The van der Waals surface area contributed by atoms with Gasteiger partial charge in [-0.3, -0.25) is 0 Å². The van der Waals surface area contributed by atoms with Crippen molar-refractivity contribution in [1.82, 2.24) is 0 Å². The number of rotatable bonds is 2. The molecule has 0 fully saturated rings. The second-order valence-corrected chi connectivity index (χ2v) is 3.08. The van der Waals surface area contributed by atoms with Gasteiger partial charge >= 0.3 is 0 Å². The molecule has 0 aromatic carbocycles. The van der Waals surface area contributed by atoms with Crippen LogP contribution in [0.3, 0.4) is 0 Å². The van der Waals surface area contributed by atoms with Gasteiger partial charge in [0.2, 0.25) is 0 Å². The summed E-state index contributed by atoms with van der Waals surface area (Å²) in [6, 6.07) is 3.35. The number of thiophene rings is 1. The summed E-state index contributed by atoms with van der Waals surface area (Å²) in [5, 5.41) is 18.9. The molecule has 1 heterocycles. The lowest BCUT2D eigenvalue weighted by molar-refractivity contribution is 0.269. The van der Waals surface area contributed by atoms with Gasteiger partial charge in [0, 0.05) is 10.3 Å². The summed E-state index contributed by atoms with van der Waals surface area (Å²) in [6.07, 6.45) is 0. The van der Waals surface area contributed by atoms with Crippen molar-refractivity contribution in [2.24, 2.45) is 5.73 Å².